The largest absolute Gasteiger partial charge is 0.399 e. The van der Waals surface area contributed by atoms with Crippen molar-refractivity contribution < 1.29 is 4.79 Å². The molecule has 1 atom stereocenters. The quantitative estimate of drug-likeness (QED) is 0.779. The molecule has 0 saturated heterocycles. The van der Waals surface area contributed by atoms with E-state index in [9.17, 15) is 4.79 Å². The van der Waals surface area contributed by atoms with Gasteiger partial charge in [-0.2, -0.15) is 0 Å². The van der Waals surface area contributed by atoms with Gasteiger partial charge in [0.15, 0.2) is 0 Å². The molecule has 3 nitrogen and oxygen atoms in total. The summed E-state index contributed by atoms with van der Waals surface area (Å²) in [5.41, 5.74) is 8.29. The minimum Gasteiger partial charge on any atom is -0.399 e. The lowest BCUT2D eigenvalue weighted by molar-refractivity contribution is -0.115. The summed E-state index contributed by atoms with van der Waals surface area (Å²) in [6, 6.07) is 13.3. The third-order valence-electron chi connectivity index (χ3n) is 2.93. The van der Waals surface area contributed by atoms with Crippen LogP contribution in [0.3, 0.4) is 0 Å². The lowest BCUT2D eigenvalue weighted by Gasteiger charge is -2.25. The Labute approximate surface area is 123 Å². The maximum Gasteiger partial charge on any atom is 0.242 e. The standard InChI is InChI=1S/C14H11BrN2OS/c15-10-4-2-1-3-9(10)13-14(18)17-11-6-5-8(16)7-12(11)19-13/h1-7,13H,16H2,(H,17,18). The predicted octanol–water partition coefficient (Wildman–Crippen LogP) is 3.82. The number of rotatable bonds is 1. The van der Waals surface area contributed by atoms with Gasteiger partial charge in [-0.1, -0.05) is 34.1 Å². The molecule has 1 aliphatic heterocycles. The van der Waals surface area contributed by atoms with Crippen molar-refractivity contribution in [3.8, 4) is 0 Å². The van der Waals surface area contributed by atoms with E-state index in [2.05, 4.69) is 21.2 Å². The summed E-state index contributed by atoms with van der Waals surface area (Å²) in [6.07, 6.45) is 0. The Hall–Kier alpha value is -1.46. The Morgan fingerprint density at radius 1 is 1.21 bits per heavy atom. The van der Waals surface area contributed by atoms with Crippen LogP contribution >= 0.6 is 27.7 Å². The zero-order valence-electron chi connectivity index (χ0n) is 9.89. The molecule has 1 aliphatic rings. The molecule has 0 aromatic heterocycles. The van der Waals surface area contributed by atoms with Gasteiger partial charge in [0.1, 0.15) is 5.25 Å². The highest BCUT2D eigenvalue weighted by Crippen LogP contribution is 2.45. The molecule has 1 heterocycles. The first-order valence-electron chi connectivity index (χ1n) is 5.76. The molecule has 2 aromatic rings. The summed E-state index contributed by atoms with van der Waals surface area (Å²) in [5.74, 6) is -0.00540. The number of nitrogen functional groups attached to an aromatic ring is 1. The number of carbonyl (C=O) groups is 1. The molecule has 1 unspecified atom stereocenters. The Bertz CT molecular complexity index is 660. The van der Waals surface area contributed by atoms with Gasteiger partial charge in [-0.3, -0.25) is 4.79 Å². The topological polar surface area (TPSA) is 55.1 Å². The normalized spacial score (nSPS) is 17.7. The lowest BCUT2D eigenvalue weighted by Crippen LogP contribution is -2.23. The van der Waals surface area contributed by atoms with Gasteiger partial charge in [-0.25, -0.2) is 0 Å². The molecule has 0 bridgehead atoms. The zero-order chi connectivity index (χ0) is 13.4. The van der Waals surface area contributed by atoms with Gasteiger partial charge in [0.25, 0.3) is 0 Å². The van der Waals surface area contributed by atoms with E-state index in [-0.39, 0.29) is 11.2 Å². The van der Waals surface area contributed by atoms with Crippen molar-refractivity contribution in [2.75, 3.05) is 11.1 Å². The molecular formula is C14H11BrN2OS. The summed E-state index contributed by atoms with van der Waals surface area (Å²) in [4.78, 5) is 13.2. The van der Waals surface area contributed by atoms with E-state index in [1.807, 2.05) is 36.4 Å². The molecule has 0 saturated carbocycles. The van der Waals surface area contributed by atoms with Gasteiger partial charge in [0.2, 0.25) is 5.91 Å². The second-order valence-electron chi connectivity index (χ2n) is 4.26. The number of hydrogen-bond donors (Lipinski definition) is 2. The zero-order valence-corrected chi connectivity index (χ0v) is 12.3. The van der Waals surface area contributed by atoms with Crippen LogP contribution in [0.25, 0.3) is 0 Å². The van der Waals surface area contributed by atoms with Gasteiger partial charge in [-0.15, -0.1) is 11.8 Å². The fourth-order valence-electron chi connectivity index (χ4n) is 2.01. The van der Waals surface area contributed by atoms with Gasteiger partial charge < -0.3 is 11.1 Å². The maximum absolute atomic E-state index is 12.2. The Kier molecular flexibility index (Phi) is 3.24. The van der Waals surface area contributed by atoms with Crippen LogP contribution in [0.1, 0.15) is 10.8 Å². The molecule has 0 aliphatic carbocycles. The van der Waals surface area contributed by atoms with Crippen molar-refractivity contribution in [2.45, 2.75) is 10.1 Å². The fraction of sp³-hybridized carbons (Fsp3) is 0.0714. The van der Waals surface area contributed by atoms with Crippen molar-refractivity contribution >= 4 is 45.0 Å². The van der Waals surface area contributed by atoms with Crippen molar-refractivity contribution in [2.24, 2.45) is 0 Å². The minimum atomic E-state index is -0.259. The maximum atomic E-state index is 12.2. The Morgan fingerprint density at radius 2 is 2.00 bits per heavy atom. The number of nitrogens with two attached hydrogens (primary N) is 1. The predicted molar refractivity (Wildman–Crippen MR) is 82.2 cm³/mol. The van der Waals surface area contributed by atoms with Crippen molar-refractivity contribution in [3.63, 3.8) is 0 Å². The second kappa shape index (κ2) is 4.90. The minimum absolute atomic E-state index is 0.00540. The highest BCUT2D eigenvalue weighted by molar-refractivity contribution is 9.10. The molecule has 3 rings (SSSR count). The first-order valence-corrected chi connectivity index (χ1v) is 7.44. The molecule has 1 amide bonds. The van der Waals surface area contributed by atoms with E-state index < -0.39 is 0 Å². The van der Waals surface area contributed by atoms with E-state index in [1.165, 1.54) is 11.8 Å². The number of amides is 1. The smallest absolute Gasteiger partial charge is 0.242 e. The average Bonchev–Trinajstić information content (AvgIpc) is 2.39. The molecule has 19 heavy (non-hydrogen) atoms. The molecule has 0 spiro atoms. The highest BCUT2D eigenvalue weighted by atomic mass is 79.9. The molecule has 5 heteroatoms. The van der Waals surface area contributed by atoms with Gasteiger partial charge in [-0.05, 0) is 29.8 Å². The summed E-state index contributed by atoms with van der Waals surface area (Å²) >= 11 is 5.02. The molecule has 0 radical (unpaired) electrons. The van der Waals surface area contributed by atoms with Crippen LogP contribution < -0.4 is 11.1 Å². The summed E-state index contributed by atoms with van der Waals surface area (Å²) in [6.45, 7) is 0. The molecule has 0 fully saturated rings. The average molecular weight is 335 g/mol. The van der Waals surface area contributed by atoms with E-state index in [4.69, 9.17) is 5.73 Å². The third-order valence-corrected chi connectivity index (χ3v) is 4.95. The van der Waals surface area contributed by atoms with Crippen LogP contribution in [0.2, 0.25) is 0 Å². The first-order chi connectivity index (χ1) is 9.15. The highest BCUT2D eigenvalue weighted by Gasteiger charge is 2.29. The molecule has 3 N–H and O–H groups in total. The summed E-state index contributed by atoms with van der Waals surface area (Å²) in [5, 5.41) is 2.67. The number of thioether (sulfide) groups is 1. The van der Waals surface area contributed by atoms with Gasteiger partial charge in [0, 0.05) is 15.1 Å². The second-order valence-corrected chi connectivity index (χ2v) is 6.27. The van der Waals surface area contributed by atoms with Crippen LogP contribution in [0.15, 0.2) is 51.8 Å². The van der Waals surface area contributed by atoms with Crippen LogP contribution in [0, 0.1) is 0 Å². The van der Waals surface area contributed by atoms with E-state index in [1.54, 1.807) is 6.07 Å². The SMILES string of the molecule is Nc1ccc2c(c1)SC(c1ccccc1Br)C(=O)N2. The van der Waals surface area contributed by atoms with Crippen LogP contribution in [0.4, 0.5) is 11.4 Å². The number of nitrogens with one attached hydrogen (secondary N) is 1. The van der Waals surface area contributed by atoms with E-state index in [0.29, 0.717) is 5.69 Å². The van der Waals surface area contributed by atoms with E-state index in [0.717, 1.165) is 20.6 Å². The summed E-state index contributed by atoms with van der Waals surface area (Å²) < 4.78 is 0.940. The number of halogens is 1. The van der Waals surface area contributed by atoms with Gasteiger partial charge in [0.05, 0.1) is 5.69 Å². The molecular weight excluding hydrogens is 324 g/mol. The molecule has 2 aromatic carbocycles. The van der Waals surface area contributed by atoms with Crippen LogP contribution in [-0.2, 0) is 4.79 Å². The Balaban J connectivity index is 2.02. The number of benzene rings is 2. The van der Waals surface area contributed by atoms with Crippen LogP contribution in [-0.4, -0.2) is 5.91 Å². The number of hydrogen-bond acceptors (Lipinski definition) is 3. The lowest BCUT2D eigenvalue weighted by atomic mass is 10.1. The van der Waals surface area contributed by atoms with Crippen molar-refractivity contribution in [1.82, 2.24) is 0 Å². The molecule has 96 valence electrons. The summed E-state index contributed by atoms with van der Waals surface area (Å²) in [7, 11) is 0. The van der Waals surface area contributed by atoms with Gasteiger partial charge >= 0.3 is 0 Å². The van der Waals surface area contributed by atoms with Crippen molar-refractivity contribution in [3.05, 3.63) is 52.5 Å². The number of fused-ring (bicyclic) bond motifs is 1. The van der Waals surface area contributed by atoms with Crippen LogP contribution in [0.5, 0.6) is 0 Å². The monoisotopic (exact) mass is 334 g/mol. The first kappa shape index (κ1) is 12.6. The van der Waals surface area contributed by atoms with Crippen molar-refractivity contribution in [1.29, 1.82) is 0 Å². The number of anilines is 2. The fourth-order valence-corrected chi connectivity index (χ4v) is 3.88. The third kappa shape index (κ3) is 2.35. The van der Waals surface area contributed by atoms with E-state index >= 15 is 0 Å². The number of carbonyl (C=O) groups excluding carboxylic acids is 1. The Morgan fingerprint density at radius 3 is 2.79 bits per heavy atom.